The fourth-order valence-corrected chi connectivity index (χ4v) is 1.36. The minimum Gasteiger partial charge on any atom is -0.467 e. The average molecular weight is 191 g/mol. The number of carbonyl (C=O) groups excluding carboxylic acids is 1. The maximum absolute atomic E-state index is 12.8. The number of carboxylic acid groups (broad SMARTS) is 1. The highest BCUT2D eigenvalue weighted by Crippen LogP contribution is 2.21. The summed E-state index contributed by atoms with van der Waals surface area (Å²) in [6.07, 6.45) is -2.69. The molecule has 0 aromatic heterocycles. The van der Waals surface area contributed by atoms with Crippen LogP contribution in [0.3, 0.4) is 0 Å². The second-order valence-electron chi connectivity index (χ2n) is 2.81. The minimum atomic E-state index is -1.30. The molecule has 1 fully saturated rings. The van der Waals surface area contributed by atoms with Crippen molar-refractivity contribution in [1.29, 1.82) is 0 Å². The highest BCUT2D eigenvalue weighted by Gasteiger charge is 2.40. The molecule has 0 aromatic rings. The minimum absolute atomic E-state index is 0.112. The fourth-order valence-electron chi connectivity index (χ4n) is 1.36. The molecule has 1 rings (SSSR count). The monoisotopic (exact) mass is 191 g/mol. The molecule has 2 atom stereocenters. The van der Waals surface area contributed by atoms with Crippen LogP contribution in [0.15, 0.2) is 0 Å². The van der Waals surface area contributed by atoms with Crippen LogP contribution in [0, 0.1) is 0 Å². The Morgan fingerprint density at radius 1 is 1.62 bits per heavy atom. The Labute approximate surface area is 74.1 Å². The van der Waals surface area contributed by atoms with Gasteiger partial charge in [0.1, 0.15) is 12.2 Å². The molecule has 13 heavy (non-hydrogen) atoms. The van der Waals surface area contributed by atoms with Crippen molar-refractivity contribution in [2.24, 2.45) is 0 Å². The summed E-state index contributed by atoms with van der Waals surface area (Å²) in [5.74, 6) is -0.706. The van der Waals surface area contributed by atoms with Crippen LogP contribution < -0.4 is 0 Å². The van der Waals surface area contributed by atoms with Crippen LogP contribution in [0.25, 0.3) is 0 Å². The van der Waals surface area contributed by atoms with E-state index in [1.807, 2.05) is 0 Å². The zero-order valence-corrected chi connectivity index (χ0v) is 7.07. The molecule has 0 aliphatic carbocycles. The Hall–Kier alpha value is -1.33. The molecule has 5 nitrogen and oxygen atoms in total. The van der Waals surface area contributed by atoms with Gasteiger partial charge in [-0.2, -0.15) is 0 Å². The van der Waals surface area contributed by atoms with Gasteiger partial charge in [0.05, 0.1) is 13.7 Å². The quantitative estimate of drug-likeness (QED) is 0.603. The second-order valence-corrected chi connectivity index (χ2v) is 2.81. The van der Waals surface area contributed by atoms with Gasteiger partial charge in [0.2, 0.25) is 0 Å². The zero-order valence-electron chi connectivity index (χ0n) is 7.07. The zero-order chi connectivity index (χ0) is 10.0. The third-order valence-corrected chi connectivity index (χ3v) is 1.97. The maximum Gasteiger partial charge on any atom is 0.408 e. The lowest BCUT2D eigenvalue weighted by atomic mass is 10.2. The molecule has 6 heteroatoms. The first-order chi connectivity index (χ1) is 6.06. The second kappa shape index (κ2) is 3.59. The molecule has 0 radical (unpaired) electrons. The summed E-state index contributed by atoms with van der Waals surface area (Å²) >= 11 is 0. The fraction of sp³-hybridized carbons (Fsp3) is 0.714. The molecule has 1 aliphatic rings. The number of methoxy groups -OCH3 is 1. The third-order valence-electron chi connectivity index (χ3n) is 1.97. The van der Waals surface area contributed by atoms with Crippen molar-refractivity contribution >= 4 is 12.1 Å². The average Bonchev–Trinajstić information content (AvgIpc) is 2.46. The van der Waals surface area contributed by atoms with Gasteiger partial charge in [-0.1, -0.05) is 0 Å². The lowest BCUT2D eigenvalue weighted by Crippen LogP contribution is -2.40. The normalized spacial score (nSPS) is 27.4. The Bertz CT molecular complexity index is 233. The number of rotatable bonds is 1. The highest BCUT2D eigenvalue weighted by molar-refractivity contribution is 5.81. The van der Waals surface area contributed by atoms with Crippen LogP contribution in [0.5, 0.6) is 0 Å². The first-order valence-electron chi connectivity index (χ1n) is 3.77. The Kier molecular flexibility index (Phi) is 2.69. The van der Waals surface area contributed by atoms with Crippen molar-refractivity contribution in [1.82, 2.24) is 4.90 Å². The number of carbonyl (C=O) groups is 2. The van der Waals surface area contributed by atoms with E-state index in [0.29, 0.717) is 0 Å². The van der Waals surface area contributed by atoms with Crippen LogP contribution in [-0.2, 0) is 9.53 Å². The number of hydrogen-bond acceptors (Lipinski definition) is 3. The Morgan fingerprint density at radius 2 is 2.23 bits per heavy atom. The van der Waals surface area contributed by atoms with E-state index in [1.54, 1.807) is 0 Å². The predicted molar refractivity (Wildman–Crippen MR) is 40.0 cm³/mol. The van der Waals surface area contributed by atoms with Gasteiger partial charge >= 0.3 is 12.1 Å². The number of ether oxygens (including phenoxy) is 1. The molecule has 1 saturated heterocycles. The van der Waals surface area contributed by atoms with Crippen molar-refractivity contribution in [3.63, 3.8) is 0 Å². The van der Waals surface area contributed by atoms with Gasteiger partial charge < -0.3 is 9.84 Å². The molecule has 1 amide bonds. The molecule has 1 heterocycles. The number of halogens is 1. The van der Waals surface area contributed by atoms with Gasteiger partial charge in [-0.25, -0.2) is 14.0 Å². The van der Waals surface area contributed by atoms with E-state index >= 15 is 0 Å². The van der Waals surface area contributed by atoms with Gasteiger partial charge in [0.25, 0.3) is 0 Å². The lowest BCUT2D eigenvalue weighted by molar-refractivity contribution is -0.145. The van der Waals surface area contributed by atoms with Crippen molar-refractivity contribution < 1.29 is 23.8 Å². The van der Waals surface area contributed by atoms with Crippen LogP contribution in [0.4, 0.5) is 9.18 Å². The van der Waals surface area contributed by atoms with Crippen LogP contribution in [0.1, 0.15) is 6.42 Å². The van der Waals surface area contributed by atoms with E-state index in [4.69, 9.17) is 5.11 Å². The molecule has 0 spiro atoms. The summed E-state index contributed by atoms with van der Waals surface area (Å²) in [6, 6.07) is -0.988. The van der Waals surface area contributed by atoms with Crippen LogP contribution >= 0.6 is 0 Å². The lowest BCUT2D eigenvalue weighted by Gasteiger charge is -2.17. The summed E-state index contributed by atoms with van der Waals surface area (Å²) in [7, 11) is 1.15. The van der Waals surface area contributed by atoms with E-state index in [1.165, 1.54) is 0 Å². The number of likely N-dealkylation sites (tertiary alicyclic amines) is 1. The van der Waals surface area contributed by atoms with Crippen molar-refractivity contribution in [3.05, 3.63) is 0 Å². The van der Waals surface area contributed by atoms with Gasteiger partial charge in [-0.05, 0) is 0 Å². The number of alkyl halides is 1. The van der Waals surface area contributed by atoms with Gasteiger partial charge in [-0.15, -0.1) is 0 Å². The summed E-state index contributed by atoms with van der Waals surface area (Å²) in [5, 5.41) is 8.60. The number of amides is 1. The predicted octanol–water partition coefficient (Wildman–Crippen LogP) is 0.250. The number of hydrogen-bond donors (Lipinski definition) is 1. The highest BCUT2D eigenvalue weighted by atomic mass is 19.1. The maximum atomic E-state index is 12.8. The summed E-state index contributed by atoms with van der Waals surface area (Å²) in [5.41, 5.74) is 0. The smallest absolute Gasteiger partial charge is 0.408 e. The van der Waals surface area contributed by atoms with Crippen molar-refractivity contribution in [3.8, 4) is 0 Å². The third kappa shape index (κ3) is 1.88. The SMILES string of the molecule is COC(=O)[C@H]1C[C@H](F)CN1C(=O)O. The molecule has 0 bridgehead atoms. The molecule has 1 aliphatic heterocycles. The first kappa shape index (κ1) is 9.76. The van der Waals surface area contributed by atoms with E-state index < -0.39 is 24.3 Å². The van der Waals surface area contributed by atoms with Crippen LogP contribution in [-0.4, -0.2) is 47.9 Å². The molecular formula is C7H10FNO4. The van der Waals surface area contributed by atoms with Gasteiger partial charge in [0, 0.05) is 6.42 Å². The molecule has 0 saturated carbocycles. The topological polar surface area (TPSA) is 66.8 Å². The molecular weight excluding hydrogens is 181 g/mol. The standard InChI is InChI=1S/C7H10FNO4/c1-13-6(10)5-2-4(8)3-9(5)7(11)12/h4-5H,2-3H2,1H3,(H,11,12)/t4-,5+/m0/s1. The van der Waals surface area contributed by atoms with E-state index in [0.717, 1.165) is 12.0 Å². The van der Waals surface area contributed by atoms with Crippen molar-refractivity contribution in [2.45, 2.75) is 18.6 Å². The van der Waals surface area contributed by atoms with E-state index in [-0.39, 0.29) is 13.0 Å². The summed E-state index contributed by atoms with van der Waals surface area (Å²) < 4.78 is 17.1. The van der Waals surface area contributed by atoms with Gasteiger partial charge in [-0.3, -0.25) is 4.90 Å². The van der Waals surface area contributed by atoms with E-state index in [2.05, 4.69) is 4.74 Å². The summed E-state index contributed by atoms with van der Waals surface area (Å²) in [4.78, 5) is 22.3. The Morgan fingerprint density at radius 3 is 2.69 bits per heavy atom. The van der Waals surface area contributed by atoms with Crippen molar-refractivity contribution in [2.75, 3.05) is 13.7 Å². The van der Waals surface area contributed by atoms with Gasteiger partial charge in [0.15, 0.2) is 0 Å². The van der Waals surface area contributed by atoms with E-state index in [9.17, 15) is 14.0 Å². The largest absolute Gasteiger partial charge is 0.467 e. The number of esters is 1. The Balaban J connectivity index is 2.71. The summed E-state index contributed by atoms with van der Waals surface area (Å²) in [6.45, 7) is -0.255. The molecule has 0 unspecified atom stereocenters. The molecule has 0 aromatic carbocycles. The first-order valence-corrected chi connectivity index (χ1v) is 3.77. The van der Waals surface area contributed by atoms with Crippen LogP contribution in [0.2, 0.25) is 0 Å². The number of nitrogens with zero attached hydrogens (tertiary/aromatic N) is 1. The molecule has 74 valence electrons. The molecule has 1 N–H and O–H groups in total.